The van der Waals surface area contributed by atoms with Crippen LogP contribution in [0.1, 0.15) is 11.3 Å². The fraction of sp³-hybridized carbons (Fsp3) is 0.357. The Morgan fingerprint density at radius 1 is 1.21 bits per heavy atom. The van der Waals surface area contributed by atoms with Crippen LogP contribution in [0.2, 0.25) is 0 Å². The van der Waals surface area contributed by atoms with Crippen molar-refractivity contribution in [1.82, 2.24) is 10.2 Å². The monoisotopic (exact) mass is 259 g/mol. The third kappa shape index (κ3) is 2.17. The first kappa shape index (κ1) is 12.0. The first-order valence-electron chi connectivity index (χ1n) is 6.42. The highest BCUT2D eigenvalue weighted by molar-refractivity contribution is 5.72. The molecule has 1 aliphatic heterocycles. The van der Waals surface area contributed by atoms with Gasteiger partial charge >= 0.3 is 0 Å². The number of ether oxygens (including phenoxy) is 2. The van der Waals surface area contributed by atoms with Gasteiger partial charge in [0.2, 0.25) is 0 Å². The fourth-order valence-electron chi connectivity index (χ4n) is 2.36. The number of aromatic nitrogens is 2. The van der Waals surface area contributed by atoms with Gasteiger partial charge in [0.15, 0.2) is 11.5 Å². The predicted molar refractivity (Wildman–Crippen MR) is 72.5 cm³/mol. The van der Waals surface area contributed by atoms with Crippen LogP contribution in [0.25, 0.3) is 11.1 Å². The van der Waals surface area contributed by atoms with Crippen LogP contribution in [0.5, 0.6) is 11.5 Å². The Hall–Kier alpha value is -2.01. The summed E-state index contributed by atoms with van der Waals surface area (Å²) < 4.78 is 11.2. The zero-order chi connectivity index (χ0) is 13.2. The van der Waals surface area contributed by atoms with E-state index < -0.39 is 0 Å². The van der Waals surface area contributed by atoms with Crippen LogP contribution in [0, 0.1) is 6.92 Å². The zero-order valence-electron chi connectivity index (χ0n) is 10.9. The lowest BCUT2D eigenvalue weighted by Crippen LogP contribution is -2.15. The van der Waals surface area contributed by atoms with Gasteiger partial charge in [0.25, 0.3) is 0 Å². The van der Waals surface area contributed by atoms with Crippen molar-refractivity contribution in [2.24, 2.45) is 5.73 Å². The number of nitrogens with zero attached hydrogens (tertiary/aromatic N) is 1. The molecule has 0 atom stereocenters. The highest BCUT2D eigenvalue weighted by atomic mass is 16.6. The van der Waals surface area contributed by atoms with Crippen LogP contribution in [0.15, 0.2) is 18.3 Å². The van der Waals surface area contributed by atoms with Crippen molar-refractivity contribution >= 4 is 0 Å². The van der Waals surface area contributed by atoms with Crippen molar-refractivity contribution in [1.29, 1.82) is 0 Å². The van der Waals surface area contributed by atoms with Crippen molar-refractivity contribution in [3.63, 3.8) is 0 Å². The van der Waals surface area contributed by atoms with Crippen molar-refractivity contribution < 1.29 is 9.47 Å². The van der Waals surface area contributed by atoms with Gasteiger partial charge in [-0.05, 0) is 36.7 Å². The second kappa shape index (κ2) is 4.93. The maximum absolute atomic E-state index is 5.64. The average molecular weight is 259 g/mol. The summed E-state index contributed by atoms with van der Waals surface area (Å²) in [6, 6.07) is 4.04. The molecule has 0 radical (unpaired) electrons. The van der Waals surface area contributed by atoms with Gasteiger partial charge in [0.1, 0.15) is 13.2 Å². The largest absolute Gasteiger partial charge is 0.486 e. The van der Waals surface area contributed by atoms with E-state index in [9.17, 15) is 0 Å². The molecule has 2 heterocycles. The lowest BCUT2D eigenvalue weighted by atomic mass is 9.99. The molecule has 1 aromatic carbocycles. The molecule has 0 spiro atoms. The number of benzene rings is 1. The molecule has 0 unspecified atom stereocenters. The van der Waals surface area contributed by atoms with Gasteiger partial charge in [0, 0.05) is 17.7 Å². The average Bonchev–Trinajstić information content (AvgIpc) is 2.86. The van der Waals surface area contributed by atoms with Gasteiger partial charge in [-0.3, -0.25) is 5.10 Å². The third-order valence-electron chi connectivity index (χ3n) is 3.29. The van der Waals surface area contributed by atoms with Crippen LogP contribution < -0.4 is 15.2 Å². The molecule has 0 saturated heterocycles. The van der Waals surface area contributed by atoms with Crippen molar-refractivity contribution in [2.75, 3.05) is 19.8 Å². The number of H-pyrrole nitrogens is 1. The van der Waals surface area contributed by atoms with Crippen LogP contribution in [-0.4, -0.2) is 30.0 Å². The molecule has 19 heavy (non-hydrogen) atoms. The van der Waals surface area contributed by atoms with Gasteiger partial charge in [-0.25, -0.2) is 0 Å². The summed E-state index contributed by atoms with van der Waals surface area (Å²) in [5.74, 6) is 1.61. The molecule has 0 saturated carbocycles. The lowest BCUT2D eigenvalue weighted by molar-refractivity contribution is 0.171. The van der Waals surface area contributed by atoms with Gasteiger partial charge in [-0.15, -0.1) is 0 Å². The number of rotatable bonds is 3. The highest BCUT2D eigenvalue weighted by Crippen LogP contribution is 2.37. The Bertz CT molecular complexity index is 592. The van der Waals surface area contributed by atoms with E-state index in [-0.39, 0.29) is 0 Å². The Labute approximate surface area is 111 Å². The van der Waals surface area contributed by atoms with E-state index in [0.29, 0.717) is 19.8 Å². The van der Waals surface area contributed by atoms with Gasteiger partial charge < -0.3 is 15.2 Å². The third-order valence-corrected chi connectivity index (χ3v) is 3.29. The van der Waals surface area contributed by atoms with E-state index in [1.54, 1.807) is 0 Å². The summed E-state index contributed by atoms with van der Waals surface area (Å²) in [7, 11) is 0. The number of aryl methyl sites for hydroxylation is 1. The van der Waals surface area contributed by atoms with E-state index in [2.05, 4.69) is 17.1 Å². The van der Waals surface area contributed by atoms with Gasteiger partial charge in [-0.1, -0.05) is 0 Å². The van der Waals surface area contributed by atoms with Crippen LogP contribution in [0.3, 0.4) is 0 Å². The number of aromatic amines is 1. The number of fused-ring (bicyclic) bond motifs is 1. The van der Waals surface area contributed by atoms with Crippen LogP contribution in [0.4, 0.5) is 0 Å². The second-order valence-corrected chi connectivity index (χ2v) is 4.61. The molecule has 5 heteroatoms. The van der Waals surface area contributed by atoms with Gasteiger partial charge in [-0.2, -0.15) is 5.10 Å². The van der Waals surface area contributed by atoms with E-state index in [4.69, 9.17) is 15.2 Å². The quantitative estimate of drug-likeness (QED) is 0.879. The Morgan fingerprint density at radius 3 is 2.68 bits per heavy atom. The van der Waals surface area contributed by atoms with Crippen molar-refractivity contribution in [3.05, 3.63) is 29.6 Å². The smallest absolute Gasteiger partial charge is 0.161 e. The van der Waals surface area contributed by atoms with Gasteiger partial charge in [0.05, 0.1) is 6.20 Å². The van der Waals surface area contributed by atoms with E-state index >= 15 is 0 Å². The van der Waals surface area contributed by atoms with E-state index in [1.807, 2.05) is 18.3 Å². The molecular formula is C14H17N3O2. The molecule has 1 aliphatic rings. The van der Waals surface area contributed by atoms with Crippen LogP contribution >= 0.6 is 0 Å². The molecule has 0 fully saturated rings. The molecule has 3 N–H and O–H groups in total. The number of hydrogen-bond acceptors (Lipinski definition) is 4. The minimum Gasteiger partial charge on any atom is -0.486 e. The first-order chi connectivity index (χ1) is 9.29. The molecule has 5 nitrogen and oxygen atoms in total. The minimum absolute atomic E-state index is 0.594. The molecule has 1 aromatic heterocycles. The molecule has 0 bridgehead atoms. The summed E-state index contributed by atoms with van der Waals surface area (Å²) in [6.07, 6.45) is 2.62. The molecule has 0 aliphatic carbocycles. The summed E-state index contributed by atoms with van der Waals surface area (Å²) in [6.45, 7) is 3.86. The van der Waals surface area contributed by atoms with E-state index in [1.165, 1.54) is 0 Å². The zero-order valence-corrected chi connectivity index (χ0v) is 10.9. The molecule has 100 valence electrons. The summed E-state index contributed by atoms with van der Waals surface area (Å²) in [5.41, 5.74) is 10.0. The lowest BCUT2D eigenvalue weighted by Gasteiger charge is -2.20. The number of nitrogens with two attached hydrogens (primary N) is 1. The molecule has 3 rings (SSSR count). The Morgan fingerprint density at radius 2 is 1.95 bits per heavy atom. The molecule has 0 amide bonds. The van der Waals surface area contributed by atoms with Crippen molar-refractivity contribution in [2.45, 2.75) is 13.3 Å². The van der Waals surface area contributed by atoms with Crippen molar-refractivity contribution in [3.8, 4) is 22.6 Å². The minimum atomic E-state index is 0.594. The Kier molecular flexibility index (Phi) is 3.13. The summed E-state index contributed by atoms with van der Waals surface area (Å²) >= 11 is 0. The SMILES string of the molecule is Cc1cc2c(cc1-c1cn[nH]c1CCN)OCCO2. The van der Waals surface area contributed by atoms with E-state index in [0.717, 1.165) is 40.3 Å². The number of hydrogen-bond donors (Lipinski definition) is 2. The normalized spacial score (nSPS) is 13.6. The summed E-state index contributed by atoms with van der Waals surface area (Å²) in [5, 5.41) is 7.13. The first-order valence-corrected chi connectivity index (χ1v) is 6.42. The van der Waals surface area contributed by atoms with Crippen LogP contribution in [-0.2, 0) is 6.42 Å². The maximum Gasteiger partial charge on any atom is 0.161 e. The summed E-state index contributed by atoms with van der Waals surface area (Å²) in [4.78, 5) is 0. The second-order valence-electron chi connectivity index (χ2n) is 4.61. The molecule has 2 aromatic rings. The number of nitrogens with one attached hydrogen (secondary N) is 1. The fourth-order valence-corrected chi connectivity index (χ4v) is 2.36. The Balaban J connectivity index is 2.06. The predicted octanol–water partition coefficient (Wildman–Crippen LogP) is 1.66. The highest BCUT2D eigenvalue weighted by Gasteiger charge is 2.17. The molecular weight excluding hydrogens is 242 g/mol. The maximum atomic E-state index is 5.64. The standard InChI is InChI=1S/C14H17N3O2/c1-9-6-13-14(19-5-4-18-13)7-10(9)11-8-16-17-12(11)2-3-15/h6-8H,2-5,15H2,1H3,(H,16,17). The topological polar surface area (TPSA) is 73.2 Å².